The highest BCUT2D eigenvalue weighted by Crippen LogP contribution is 2.10. The Hall–Kier alpha value is -1.65. The van der Waals surface area contributed by atoms with E-state index >= 15 is 0 Å². The number of aromatic nitrogens is 2. The van der Waals surface area contributed by atoms with Crippen LogP contribution in [0.25, 0.3) is 5.69 Å². The second kappa shape index (κ2) is 5.80. The highest BCUT2D eigenvalue weighted by Gasteiger charge is 2.04. The predicted molar refractivity (Wildman–Crippen MR) is 71.6 cm³/mol. The van der Waals surface area contributed by atoms with E-state index < -0.39 is 0 Å². The molecule has 1 aromatic heterocycles. The fraction of sp³-hybridized carbons (Fsp3) is 0.357. The lowest BCUT2D eigenvalue weighted by Gasteiger charge is -2.18. The second-order valence-corrected chi connectivity index (χ2v) is 4.66. The maximum absolute atomic E-state index is 9.32. The van der Waals surface area contributed by atoms with Crippen LogP contribution in [0.15, 0.2) is 42.7 Å². The summed E-state index contributed by atoms with van der Waals surface area (Å²) in [5, 5.41) is 13.5. The average molecular weight is 245 g/mol. The van der Waals surface area contributed by atoms with Gasteiger partial charge in [-0.3, -0.25) is 4.90 Å². The second-order valence-electron chi connectivity index (χ2n) is 4.66. The average Bonchev–Trinajstić information content (AvgIpc) is 2.82. The molecule has 4 nitrogen and oxygen atoms in total. The summed E-state index contributed by atoms with van der Waals surface area (Å²) in [7, 11) is 2.01. The summed E-state index contributed by atoms with van der Waals surface area (Å²) in [5.74, 6) is 0. The smallest absolute Gasteiger partial charge is 0.0645 e. The van der Waals surface area contributed by atoms with Crippen molar-refractivity contribution < 1.29 is 5.11 Å². The van der Waals surface area contributed by atoms with Crippen LogP contribution in [0.2, 0.25) is 0 Å². The number of aliphatic hydroxyl groups excluding tert-OH is 1. The molecule has 1 atom stereocenters. The first-order valence-electron chi connectivity index (χ1n) is 6.11. The Labute approximate surface area is 107 Å². The fourth-order valence-corrected chi connectivity index (χ4v) is 2.00. The Bertz CT molecular complexity index is 462. The standard InChI is InChI=1S/C14H19N3O/c1-12(18)10-16(2)11-13-4-6-14(7-5-13)17-9-3-8-15-17/h3-9,12,18H,10-11H2,1-2H3. The van der Waals surface area contributed by atoms with Gasteiger partial charge in [-0.15, -0.1) is 0 Å². The molecule has 0 spiro atoms. The number of hydrogen-bond donors (Lipinski definition) is 1. The van der Waals surface area contributed by atoms with Gasteiger partial charge in [0.25, 0.3) is 0 Å². The maximum Gasteiger partial charge on any atom is 0.0645 e. The molecule has 0 saturated heterocycles. The van der Waals surface area contributed by atoms with Crippen molar-refractivity contribution in [1.29, 1.82) is 0 Å². The lowest BCUT2D eigenvalue weighted by Crippen LogP contribution is -2.26. The first kappa shape index (κ1) is 12.8. The van der Waals surface area contributed by atoms with E-state index in [9.17, 15) is 5.11 Å². The minimum Gasteiger partial charge on any atom is -0.392 e. The van der Waals surface area contributed by atoms with Gasteiger partial charge in [0.05, 0.1) is 11.8 Å². The zero-order valence-electron chi connectivity index (χ0n) is 10.8. The third-order valence-corrected chi connectivity index (χ3v) is 2.73. The number of rotatable bonds is 5. The van der Waals surface area contributed by atoms with Gasteiger partial charge in [0.15, 0.2) is 0 Å². The topological polar surface area (TPSA) is 41.3 Å². The summed E-state index contributed by atoms with van der Waals surface area (Å²) in [6, 6.07) is 10.2. The Balaban J connectivity index is 2.00. The van der Waals surface area contributed by atoms with Crippen molar-refractivity contribution in [3.63, 3.8) is 0 Å². The summed E-state index contributed by atoms with van der Waals surface area (Å²) >= 11 is 0. The third-order valence-electron chi connectivity index (χ3n) is 2.73. The summed E-state index contributed by atoms with van der Waals surface area (Å²) in [6.07, 6.45) is 3.40. The van der Waals surface area contributed by atoms with Gasteiger partial charge in [-0.1, -0.05) is 12.1 Å². The maximum atomic E-state index is 9.32. The van der Waals surface area contributed by atoms with Crippen LogP contribution in [0.4, 0.5) is 0 Å². The first-order valence-corrected chi connectivity index (χ1v) is 6.11. The van der Waals surface area contributed by atoms with E-state index in [0.717, 1.165) is 12.2 Å². The molecule has 18 heavy (non-hydrogen) atoms. The lowest BCUT2D eigenvalue weighted by atomic mass is 10.2. The van der Waals surface area contributed by atoms with Crippen LogP contribution in [-0.4, -0.2) is 39.5 Å². The van der Waals surface area contributed by atoms with E-state index in [1.54, 1.807) is 13.1 Å². The van der Waals surface area contributed by atoms with Crippen molar-refractivity contribution in [1.82, 2.24) is 14.7 Å². The van der Waals surface area contributed by atoms with Crippen molar-refractivity contribution in [2.24, 2.45) is 0 Å². The molecule has 4 heteroatoms. The van der Waals surface area contributed by atoms with Crippen molar-refractivity contribution >= 4 is 0 Å². The van der Waals surface area contributed by atoms with E-state index in [4.69, 9.17) is 0 Å². The molecule has 0 fully saturated rings. The normalized spacial score (nSPS) is 12.9. The molecule has 0 bridgehead atoms. The van der Waals surface area contributed by atoms with Crippen LogP contribution >= 0.6 is 0 Å². The van der Waals surface area contributed by atoms with Crippen LogP contribution < -0.4 is 0 Å². The first-order chi connectivity index (χ1) is 8.65. The van der Waals surface area contributed by atoms with E-state index in [-0.39, 0.29) is 6.10 Å². The van der Waals surface area contributed by atoms with E-state index in [0.29, 0.717) is 6.54 Å². The molecule has 0 radical (unpaired) electrons. The van der Waals surface area contributed by atoms with Gasteiger partial charge >= 0.3 is 0 Å². The molecule has 2 aromatic rings. The van der Waals surface area contributed by atoms with Crippen LogP contribution in [0.5, 0.6) is 0 Å². The number of hydrogen-bond acceptors (Lipinski definition) is 3. The summed E-state index contributed by atoms with van der Waals surface area (Å²) < 4.78 is 1.84. The third kappa shape index (κ3) is 3.42. The van der Waals surface area contributed by atoms with Crippen LogP contribution in [0.3, 0.4) is 0 Å². The quantitative estimate of drug-likeness (QED) is 0.871. The molecular weight excluding hydrogens is 226 g/mol. The summed E-state index contributed by atoms with van der Waals surface area (Å²) in [6.45, 7) is 3.32. The minimum absolute atomic E-state index is 0.293. The highest BCUT2D eigenvalue weighted by molar-refractivity contribution is 5.33. The number of likely N-dealkylation sites (N-methyl/N-ethyl adjacent to an activating group) is 1. The van der Waals surface area contributed by atoms with Gasteiger partial charge < -0.3 is 5.11 Å². The van der Waals surface area contributed by atoms with Gasteiger partial charge in [-0.2, -0.15) is 5.10 Å². The molecule has 0 aliphatic carbocycles. The van der Waals surface area contributed by atoms with Crippen molar-refractivity contribution in [3.8, 4) is 5.69 Å². The number of nitrogens with zero attached hydrogens (tertiary/aromatic N) is 3. The van der Waals surface area contributed by atoms with Crippen LogP contribution in [-0.2, 0) is 6.54 Å². The van der Waals surface area contributed by atoms with E-state index in [1.807, 2.05) is 24.0 Å². The Morgan fingerprint density at radius 3 is 2.61 bits per heavy atom. The van der Waals surface area contributed by atoms with Crippen molar-refractivity contribution in [2.45, 2.75) is 19.6 Å². The van der Waals surface area contributed by atoms with Gasteiger partial charge in [0.2, 0.25) is 0 Å². The monoisotopic (exact) mass is 245 g/mol. The molecule has 2 rings (SSSR count). The molecule has 1 heterocycles. The largest absolute Gasteiger partial charge is 0.392 e. The van der Waals surface area contributed by atoms with E-state index in [1.165, 1.54) is 5.56 Å². The fourth-order valence-electron chi connectivity index (χ4n) is 2.00. The molecule has 1 N–H and O–H groups in total. The van der Waals surface area contributed by atoms with Crippen molar-refractivity contribution in [3.05, 3.63) is 48.3 Å². The number of aliphatic hydroxyl groups is 1. The number of benzene rings is 1. The van der Waals surface area contributed by atoms with Crippen LogP contribution in [0, 0.1) is 0 Å². The van der Waals surface area contributed by atoms with Gasteiger partial charge in [-0.25, -0.2) is 4.68 Å². The van der Waals surface area contributed by atoms with Crippen LogP contribution in [0.1, 0.15) is 12.5 Å². The van der Waals surface area contributed by atoms with Gasteiger partial charge in [0, 0.05) is 25.5 Å². The van der Waals surface area contributed by atoms with Crippen molar-refractivity contribution in [2.75, 3.05) is 13.6 Å². The molecule has 0 aliphatic rings. The molecule has 0 aliphatic heterocycles. The molecule has 1 aromatic carbocycles. The molecule has 1 unspecified atom stereocenters. The van der Waals surface area contributed by atoms with Gasteiger partial charge in [-0.05, 0) is 37.7 Å². The zero-order chi connectivity index (χ0) is 13.0. The Morgan fingerprint density at radius 2 is 2.06 bits per heavy atom. The Kier molecular flexibility index (Phi) is 4.12. The molecule has 0 saturated carbocycles. The Morgan fingerprint density at radius 1 is 1.33 bits per heavy atom. The summed E-state index contributed by atoms with van der Waals surface area (Å²) in [4.78, 5) is 2.10. The molecular formula is C14H19N3O. The highest BCUT2D eigenvalue weighted by atomic mass is 16.3. The van der Waals surface area contributed by atoms with Gasteiger partial charge in [0.1, 0.15) is 0 Å². The zero-order valence-corrected chi connectivity index (χ0v) is 10.8. The van der Waals surface area contributed by atoms with E-state index in [2.05, 4.69) is 34.3 Å². The lowest BCUT2D eigenvalue weighted by molar-refractivity contribution is 0.138. The predicted octanol–water partition coefficient (Wildman–Crippen LogP) is 1.68. The molecule has 96 valence electrons. The minimum atomic E-state index is -0.293. The molecule has 0 amide bonds. The summed E-state index contributed by atoms with van der Waals surface area (Å²) in [5.41, 5.74) is 2.29. The SMILES string of the molecule is CC(O)CN(C)Cc1ccc(-n2cccn2)cc1.